The largest absolute Gasteiger partial charge is 0.451 e. The molecule has 10 heteroatoms. The lowest BCUT2D eigenvalue weighted by Gasteiger charge is -2.36. The number of hydrogen-bond donors (Lipinski definition) is 2. The number of nitrogens with one attached hydrogen (secondary N) is 2. The predicted molar refractivity (Wildman–Crippen MR) is 143 cm³/mol. The monoisotopic (exact) mass is 530 g/mol. The third-order valence-electron chi connectivity index (χ3n) is 5.69. The Labute approximate surface area is 219 Å². The summed E-state index contributed by atoms with van der Waals surface area (Å²) < 4.78 is 5.66. The number of amides is 2. The molecule has 3 aromatic rings. The zero-order valence-electron chi connectivity index (χ0n) is 19.0. The Balaban J connectivity index is 1.30. The van der Waals surface area contributed by atoms with Crippen LogP contribution < -0.4 is 15.5 Å². The van der Waals surface area contributed by atoms with Gasteiger partial charge < -0.3 is 19.5 Å². The molecule has 0 atom stereocenters. The Bertz CT molecular complexity index is 1240. The standard InChI is InChI=1S/C25H24Cl2N4O3S/c1-2-23(32)31-13-11-30(12-14-31)18-6-4-17(5-7-18)28-25(35)29-24(33)22-10-9-21(34-22)16-3-8-19(26)20(27)15-16/h3-10,15H,2,11-14H2,1H3,(H2,28,29,33,35). The summed E-state index contributed by atoms with van der Waals surface area (Å²) in [5.74, 6) is 0.333. The van der Waals surface area contributed by atoms with Crippen LogP contribution >= 0.6 is 35.4 Å². The van der Waals surface area contributed by atoms with E-state index in [9.17, 15) is 9.59 Å². The molecule has 0 aliphatic carbocycles. The minimum absolute atomic E-state index is 0.117. The van der Waals surface area contributed by atoms with Gasteiger partial charge in [0.25, 0.3) is 5.91 Å². The maximum atomic E-state index is 12.6. The molecule has 1 aliphatic heterocycles. The highest BCUT2D eigenvalue weighted by Gasteiger charge is 2.20. The number of thiocarbonyl (C=S) groups is 1. The van der Waals surface area contributed by atoms with Crippen molar-refractivity contribution in [2.45, 2.75) is 13.3 Å². The molecule has 2 aromatic carbocycles. The van der Waals surface area contributed by atoms with Gasteiger partial charge in [0, 0.05) is 49.5 Å². The fourth-order valence-electron chi connectivity index (χ4n) is 3.78. The van der Waals surface area contributed by atoms with E-state index in [0.717, 1.165) is 37.6 Å². The number of carbonyl (C=O) groups excluding carboxylic acids is 2. The van der Waals surface area contributed by atoms with Crippen LogP contribution in [0.4, 0.5) is 11.4 Å². The van der Waals surface area contributed by atoms with E-state index in [0.29, 0.717) is 27.8 Å². The van der Waals surface area contributed by atoms with Gasteiger partial charge in [-0.2, -0.15) is 0 Å². The van der Waals surface area contributed by atoms with Crippen molar-refractivity contribution in [3.63, 3.8) is 0 Å². The molecule has 7 nitrogen and oxygen atoms in total. The van der Waals surface area contributed by atoms with Crippen molar-refractivity contribution in [1.29, 1.82) is 0 Å². The molecule has 2 N–H and O–H groups in total. The Kier molecular flexibility index (Phi) is 7.95. The highest BCUT2D eigenvalue weighted by atomic mass is 35.5. The minimum Gasteiger partial charge on any atom is -0.451 e. The summed E-state index contributed by atoms with van der Waals surface area (Å²) in [7, 11) is 0. The van der Waals surface area contributed by atoms with E-state index < -0.39 is 5.91 Å². The van der Waals surface area contributed by atoms with Crippen molar-refractivity contribution >= 4 is 63.7 Å². The van der Waals surface area contributed by atoms with Crippen LogP contribution in [0.5, 0.6) is 0 Å². The molecule has 0 radical (unpaired) electrons. The highest BCUT2D eigenvalue weighted by molar-refractivity contribution is 7.80. The van der Waals surface area contributed by atoms with Crippen molar-refractivity contribution in [3.8, 4) is 11.3 Å². The normalized spacial score (nSPS) is 13.5. The van der Waals surface area contributed by atoms with Crippen LogP contribution in [0.25, 0.3) is 11.3 Å². The van der Waals surface area contributed by atoms with Gasteiger partial charge in [0.15, 0.2) is 10.9 Å². The van der Waals surface area contributed by atoms with E-state index in [1.54, 1.807) is 30.3 Å². The molecule has 1 aromatic heterocycles. The summed E-state index contributed by atoms with van der Waals surface area (Å²) in [5, 5.41) is 6.62. The molecule has 0 saturated carbocycles. The quantitative estimate of drug-likeness (QED) is 0.427. The number of furan rings is 1. The van der Waals surface area contributed by atoms with Crippen LogP contribution in [0.1, 0.15) is 23.9 Å². The lowest BCUT2D eigenvalue weighted by Crippen LogP contribution is -2.48. The summed E-state index contributed by atoms with van der Waals surface area (Å²) in [6.45, 7) is 4.92. The van der Waals surface area contributed by atoms with Crippen LogP contribution in [-0.2, 0) is 4.79 Å². The molecule has 4 rings (SSSR count). The zero-order chi connectivity index (χ0) is 24.9. The van der Waals surface area contributed by atoms with Crippen LogP contribution in [-0.4, -0.2) is 48.0 Å². The Morgan fingerprint density at radius 1 is 0.971 bits per heavy atom. The third kappa shape index (κ3) is 6.14. The molecule has 0 unspecified atom stereocenters. The minimum atomic E-state index is -0.468. The van der Waals surface area contributed by atoms with Crippen LogP contribution in [0.15, 0.2) is 59.0 Å². The van der Waals surface area contributed by atoms with E-state index in [2.05, 4.69) is 15.5 Å². The summed E-state index contributed by atoms with van der Waals surface area (Å²) in [6.07, 6.45) is 0.537. The van der Waals surface area contributed by atoms with Crippen molar-refractivity contribution < 1.29 is 14.0 Å². The maximum Gasteiger partial charge on any atom is 0.293 e. The number of piperazine rings is 1. The molecule has 0 bridgehead atoms. The van der Waals surface area contributed by atoms with Crippen molar-refractivity contribution in [1.82, 2.24) is 10.2 Å². The average molecular weight is 531 g/mol. The molecule has 2 amide bonds. The lowest BCUT2D eigenvalue weighted by atomic mass is 10.2. The van der Waals surface area contributed by atoms with E-state index in [4.69, 9.17) is 39.8 Å². The van der Waals surface area contributed by atoms with Crippen molar-refractivity contribution in [3.05, 3.63) is 70.4 Å². The van der Waals surface area contributed by atoms with Crippen LogP contribution in [0, 0.1) is 0 Å². The van der Waals surface area contributed by atoms with Gasteiger partial charge in [0.2, 0.25) is 5.91 Å². The first-order valence-corrected chi connectivity index (χ1v) is 12.3. The summed E-state index contributed by atoms with van der Waals surface area (Å²) in [4.78, 5) is 28.6. The molecular formula is C25H24Cl2N4O3S. The number of hydrogen-bond acceptors (Lipinski definition) is 5. The van der Waals surface area contributed by atoms with Crippen LogP contribution in [0.2, 0.25) is 10.0 Å². The van der Waals surface area contributed by atoms with E-state index >= 15 is 0 Å². The summed E-state index contributed by atoms with van der Waals surface area (Å²) in [5.41, 5.74) is 2.52. The number of anilines is 2. The molecule has 1 saturated heterocycles. The zero-order valence-corrected chi connectivity index (χ0v) is 21.3. The van der Waals surface area contributed by atoms with Gasteiger partial charge in [0.05, 0.1) is 10.0 Å². The van der Waals surface area contributed by atoms with Crippen molar-refractivity contribution in [2.75, 3.05) is 36.4 Å². The average Bonchev–Trinajstić information content (AvgIpc) is 3.36. The van der Waals surface area contributed by atoms with E-state index in [1.807, 2.05) is 36.1 Å². The first kappa shape index (κ1) is 25.0. The maximum absolute atomic E-state index is 12.6. The first-order chi connectivity index (χ1) is 16.8. The van der Waals surface area contributed by atoms with Gasteiger partial charge in [-0.05, 0) is 66.8 Å². The topological polar surface area (TPSA) is 77.8 Å². The number of benzene rings is 2. The fraction of sp³-hybridized carbons (Fsp3) is 0.240. The number of nitrogens with zero attached hydrogens (tertiary/aromatic N) is 2. The SMILES string of the molecule is CCC(=O)N1CCN(c2ccc(NC(=S)NC(=O)c3ccc(-c4ccc(Cl)c(Cl)c4)o3)cc2)CC1. The smallest absolute Gasteiger partial charge is 0.293 e. The Morgan fingerprint density at radius 2 is 1.69 bits per heavy atom. The second-order valence-corrected chi connectivity index (χ2v) is 9.19. The van der Waals surface area contributed by atoms with Crippen LogP contribution in [0.3, 0.4) is 0 Å². The van der Waals surface area contributed by atoms with Gasteiger partial charge >= 0.3 is 0 Å². The third-order valence-corrected chi connectivity index (χ3v) is 6.63. The fourth-order valence-corrected chi connectivity index (χ4v) is 4.29. The summed E-state index contributed by atoms with van der Waals surface area (Å²) >= 11 is 17.3. The molecule has 1 fully saturated rings. The van der Waals surface area contributed by atoms with Gasteiger partial charge in [0.1, 0.15) is 5.76 Å². The molecule has 35 heavy (non-hydrogen) atoms. The van der Waals surface area contributed by atoms with E-state index in [1.165, 1.54) is 0 Å². The lowest BCUT2D eigenvalue weighted by molar-refractivity contribution is -0.131. The first-order valence-electron chi connectivity index (χ1n) is 11.1. The number of rotatable bonds is 5. The van der Waals surface area contributed by atoms with Crippen molar-refractivity contribution in [2.24, 2.45) is 0 Å². The highest BCUT2D eigenvalue weighted by Crippen LogP contribution is 2.29. The molecular weight excluding hydrogens is 507 g/mol. The van der Waals surface area contributed by atoms with E-state index in [-0.39, 0.29) is 16.8 Å². The number of halogens is 2. The molecule has 0 spiro atoms. The Morgan fingerprint density at radius 3 is 2.34 bits per heavy atom. The van der Waals surface area contributed by atoms with Gasteiger partial charge in [-0.15, -0.1) is 0 Å². The van der Waals surface area contributed by atoms with Gasteiger partial charge in [-0.1, -0.05) is 30.1 Å². The second kappa shape index (κ2) is 11.1. The Hall–Kier alpha value is -3.07. The second-order valence-electron chi connectivity index (χ2n) is 7.97. The molecule has 182 valence electrons. The molecule has 2 heterocycles. The predicted octanol–water partition coefficient (Wildman–Crippen LogP) is 5.44. The molecule has 1 aliphatic rings. The number of carbonyl (C=O) groups is 2. The van der Waals surface area contributed by atoms with Gasteiger partial charge in [-0.25, -0.2) is 0 Å². The van der Waals surface area contributed by atoms with Gasteiger partial charge in [-0.3, -0.25) is 14.9 Å². The summed E-state index contributed by atoms with van der Waals surface area (Å²) in [6, 6.07) is 16.1.